The fraction of sp³-hybridized carbons (Fsp3) is 0.118. The van der Waals surface area contributed by atoms with Crippen LogP contribution in [0.3, 0.4) is 0 Å². The van der Waals surface area contributed by atoms with Crippen molar-refractivity contribution >= 4 is 28.5 Å². The Morgan fingerprint density at radius 2 is 1.91 bits per heavy atom. The molecule has 1 aromatic heterocycles. The van der Waals surface area contributed by atoms with Crippen LogP contribution in [-0.2, 0) is 4.79 Å². The Morgan fingerprint density at radius 1 is 1.14 bits per heavy atom. The summed E-state index contributed by atoms with van der Waals surface area (Å²) in [6.07, 6.45) is 3.19. The van der Waals surface area contributed by atoms with E-state index in [9.17, 15) is 4.79 Å². The highest BCUT2D eigenvalue weighted by atomic mass is 32.2. The number of nitrogens with zero attached hydrogens (tertiary/aromatic N) is 2. The van der Waals surface area contributed by atoms with Gasteiger partial charge in [0.15, 0.2) is 0 Å². The summed E-state index contributed by atoms with van der Waals surface area (Å²) in [5.74, 6) is -0.854. The lowest BCUT2D eigenvalue weighted by atomic mass is 10.0. The van der Waals surface area contributed by atoms with Gasteiger partial charge in [0.05, 0.1) is 0 Å². The second kappa shape index (κ2) is 6.15. The molecule has 3 aromatic rings. The molecule has 0 radical (unpaired) electrons. The molecule has 0 fully saturated rings. The fourth-order valence-electron chi connectivity index (χ4n) is 2.28. The lowest BCUT2D eigenvalue weighted by Crippen LogP contribution is -2.11. The molecule has 0 bridgehead atoms. The number of thioether (sulfide) groups is 1. The van der Waals surface area contributed by atoms with Crippen LogP contribution in [0.1, 0.15) is 6.92 Å². The number of carboxylic acid groups (broad SMARTS) is 1. The first-order chi connectivity index (χ1) is 10.7. The first kappa shape index (κ1) is 14.5. The van der Waals surface area contributed by atoms with E-state index in [0.717, 1.165) is 21.9 Å². The predicted molar refractivity (Wildman–Crippen MR) is 87.9 cm³/mol. The van der Waals surface area contributed by atoms with Crippen molar-refractivity contribution in [2.45, 2.75) is 17.2 Å². The molecular weight excluding hydrogens is 296 g/mol. The molecule has 0 aliphatic heterocycles. The van der Waals surface area contributed by atoms with E-state index in [-0.39, 0.29) is 0 Å². The summed E-state index contributed by atoms with van der Waals surface area (Å²) in [5.41, 5.74) is 1.87. The molecule has 0 aliphatic carbocycles. The van der Waals surface area contributed by atoms with Gasteiger partial charge in [-0.3, -0.25) is 4.79 Å². The lowest BCUT2D eigenvalue weighted by molar-refractivity contribution is -0.136. The van der Waals surface area contributed by atoms with Gasteiger partial charge < -0.3 is 5.11 Å². The predicted octanol–water partition coefficient (Wildman–Crippen LogP) is 3.86. The Kier molecular flexibility index (Phi) is 4.06. The highest BCUT2D eigenvalue weighted by Gasteiger charge is 2.17. The van der Waals surface area contributed by atoms with Gasteiger partial charge in [-0.2, -0.15) is 0 Å². The van der Waals surface area contributed by atoms with Crippen molar-refractivity contribution in [1.82, 2.24) is 9.97 Å². The molecule has 3 rings (SSSR count). The van der Waals surface area contributed by atoms with Crippen molar-refractivity contribution in [2.75, 3.05) is 0 Å². The van der Waals surface area contributed by atoms with E-state index in [2.05, 4.69) is 22.1 Å². The van der Waals surface area contributed by atoms with Crippen molar-refractivity contribution in [3.63, 3.8) is 0 Å². The third-order valence-electron chi connectivity index (χ3n) is 3.39. The zero-order valence-electron chi connectivity index (χ0n) is 11.9. The van der Waals surface area contributed by atoms with Gasteiger partial charge in [0, 0.05) is 11.8 Å². The van der Waals surface area contributed by atoms with Crippen molar-refractivity contribution in [2.24, 2.45) is 0 Å². The molecule has 0 spiro atoms. The Morgan fingerprint density at radius 3 is 2.73 bits per heavy atom. The summed E-state index contributed by atoms with van der Waals surface area (Å²) in [6, 6.07) is 14.1. The van der Waals surface area contributed by atoms with Crippen LogP contribution in [0.15, 0.2) is 60.0 Å². The second-order valence-electron chi connectivity index (χ2n) is 4.87. The molecule has 1 atom stereocenters. The number of rotatable bonds is 4. The average molecular weight is 310 g/mol. The first-order valence-electron chi connectivity index (χ1n) is 6.84. The number of benzene rings is 2. The van der Waals surface area contributed by atoms with Gasteiger partial charge in [0.25, 0.3) is 0 Å². The number of hydrogen-bond acceptors (Lipinski definition) is 4. The maximum absolute atomic E-state index is 11.1. The van der Waals surface area contributed by atoms with E-state index in [0.29, 0.717) is 5.03 Å². The SMILES string of the molecule is CC(Sc1ncncc1-c1cccc2ccccc12)C(=O)O. The lowest BCUT2D eigenvalue weighted by Gasteiger charge is -2.12. The van der Waals surface area contributed by atoms with Crippen LogP contribution in [0, 0.1) is 0 Å². The van der Waals surface area contributed by atoms with Gasteiger partial charge in [0.1, 0.15) is 16.6 Å². The monoisotopic (exact) mass is 310 g/mol. The minimum atomic E-state index is -0.854. The zero-order chi connectivity index (χ0) is 15.5. The summed E-state index contributed by atoms with van der Waals surface area (Å²) >= 11 is 1.23. The molecule has 1 heterocycles. The second-order valence-corrected chi connectivity index (χ2v) is 6.20. The molecule has 0 saturated carbocycles. The van der Waals surface area contributed by atoms with Crippen LogP contribution in [0.5, 0.6) is 0 Å². The minimum Gasteiger partial charge on any atom is -0.480 e. The highest BCUT2D eigenvalue weighted by molar-refractivity contribution is 8.00. The normalized spacial score (nSPS) is 12.2. The minimum absolute atomic E-state index is 0.566. The number of fused-ring (bicyclic) bond motifs is 1. The van der Waals surface area contributed by atoms with Crippen molar-refractivity contribution in [1.29, 1.82) is 0 Å². The van der Waals surface area contributed by atoms with Crippen molar-refractivity contribution in [3.8, 4) is 11.1 Å². The molecule has 0 saturated heterocycles. The standard InChI is InChI=1S/C17H14N2O2S/c1-11(17(20)21)22-16-15(9-18-10-19-16)14-8-4-6-12-5-2-3-7-13(12)14/h2-11H,1H3,(H,20,21). The number of carbonyl (C=O) groups is 1. The molecule has 110 valence electrons. The van der Waals surface area contributed by atoms with Gasteiger partial charge in [-0.15, -0.1) is 0 Å². The van der Waals surface area contributed by atoms with Gasteiger partial charge in [-0.1, -0.05) is 54.2 Å². The molecule has 0 amide bonds. The topological polar surface area (TPSA) is 63.1 Å². The molecule has 1 unspecified atom stereocenters. The molecule has 1 N–H and O–H groups in total. The molecule has 5 heteroatoms. The van der Waals surface area contributed by atoms with Gasteiger partial charge in [-0.05, 0) is 23.3 Å². The highest BCUT2D eigenvalue weighted by Crippen LogP contribution is 2.35. The number of aliphatic carboxylic acids is 1. The van der Waals surface area contributed by atoms with E-state index >= 15 is 0 Å². The maximum atomic E-state index is 11.1. The number of carboxylic acids is 1. The summed E-state index contributed by atoms with van der Waals surface area (Å²) in [7, 11) is 0. The van der Waals surface area contributed by atoms with Crippen LogP contribution in [0.2, 0.25) is 0 Å². The molecule has 0 aliphatic rings. The maximum Gasteiger partial charge on any atom is 0.316 e. The van der Waals surface area contributed by atoms with Gasteiger partial charge in [-0.25, -0.2) is 9.97 Å². The van der Waals surface area contributed by atoms with Crippen LogP contribution in [-0.4, -0.2) is 26.3 Å². The van der Waals surface area contributed by atoms with Gasteiger partial charge in [0.2, 0.25) is 0 Å². The molecule has 22 heavy (non-hydrogen) atoms. The molecule has 2 aromatic carbocycles. The summed E-state index contributed by atoms with van der Waals surface area (Å²) in [5, 5.41) is 11.5. The summed E-state index contributed by atoms with van der Waals surface area (Å²) in [6.45, 7) is 1.65. The first-order valence-corrected chi connectivity index (χ1v) is 7.72. The fourth-order valence-corrected chi connectivity index (χ4v) is 3.11. The Hall–Kier alpha value is -2.40. The quantitative estimate of drug-likeness (QED) is 0.585. The Balaban J connectivity index is 2.13. The molecule has 4 nitrogen and oxygen atoms in total. The summed E-state index contributed by atoms with van der Waals surface area (Å²) < 4.78 is 0. The Bertz CT molecular complexity index is 830. The van der Waals surface area contributed by atoms with Crippen LogP contribution in [0.25, 0.3) is 21.9 Å². The Labute approximate surface area is 132 Å². The summed E-state index contributed by atoms with van der Waals surface area (Å²) in [4.78, 5) is 19.5. The van der Waals surface area contributed by atoms with E-state index in [1.54, 1.807) is 13.1 Å². The van der Waals surface area contributed by atoms with Gasteiger partial charge >= 0.3 is 5.97 Å². The van der Waals surface area contributed by atoms with Crippen molar-refractivity contribution < 1.29 is 9.90 Å². The van der Waals surface area contributed by atoms with E-state index in [4.69, 9.17) is 5.11 Å². The van der Waals surface area contributed by atoms with Crippen LogP contribution >= 0.6 is 11.8 Å². The third-order valence-corrected chi connectivity index (χ3v) is 4.50. The van der Waals surface area contributed by atoms with Crippen LogP contribution < -0.4 is 0 Å². The number of hydrogen-bond donors (Lipinski definition) is 1. The van der Waals surface area contributed by atoms with Crippen LogP contribution in [0.4, 0.5) is 0 Å². The van der Waals surface area contributed by atoms with E-state index < -0.39 is 11.2 Å². The number of aromatic nitrogens is 2. The third kappa shape index (κ3) is 2.80. The largest absolute Gasteiger partial charge is 0.480 e. The average Bonchev–Trinajstić information content (AvgIpc) is 2.55. The van der Waals surface area contributed by atoms with E-state index in [1.807, 2.05) is 30.3 Å². The van der Waals surface area contributed by atoms with Crippen molar-refractivity contribution in [3.05, 3.63) is 55.0 Å². The molecular formula is C17H14N2O2S. The smallest absolute Gasteiger partial charge is 0.316 e. The van der Waals surface area contributed by atoms with E-state index in [1.165, 1.54) is 18.1 Å². The zero-order valence-corrected chi connectivity index (χ0v) is 12.7.